The van der Waals surface area contributed by atoms with Crippen molar-refractivity contribution >= 4 is 33.4 Å². The monoisotopic (exact) mass is 441 g/mol. The van der Waals surface area contributed by atoms with Crippen LogP contribution in [0.2, 0.25) is 0 Å². The number of benzene rings is 1. The Labute approximate surface area is 172 Å². The van der Waals surface area contributed by atoms with Crippen molar-refractivity contribution in [2.75, 3.05) is 10.6 Å². The maximum atomic E-state index is 13.9. The molecule has 0 bridgehead atoms. The molecule has 4 rings (SSSR count). The number of nitrogens with zero attached hydrogens (tertiary/aromatic N) is 3. The Morgan fingerprint density at radius 3 is 2.50 bits per heavy atom. The van der Waals surface area contributed by atoms with Crippen molar-refractivity contribution in [3.05, 3.63) is 59.1 Å². The molecular weight excluding hydrogens is 421 g/mol. The molecule has 2 heterocycles. The highest BCUT2D eigenvalue weighted by Gasteiger charge is 2.16. The van der Waals surface area contributed by atoms with E-state index in [0.717, 1.165) is 24.1 Å². The molecule has 0 atom stereocenters. The summed E-state index contributed by atoms with van der Waals surface area (Å²) in [6.07, 6.45) is 9.48. The summed E-state index contributed by atoms with van der Waals surface area (Å²) in [5.41, 5.74) is 2.37. The average Bonchev–Trinajstić information content (AvgIpc) is 2.72. The van der Waals surface area contributed by atoms with Crippen LogP contribution in [0.15, 0.2) is 53.3 Å². The number of hydrogen-bond acceptors (Lipinski definition) is 5. The van der Waals surface area contributed by atoms with Crippen LogP contribution < -0.4 is 10.6 Å². The smallest absolute Gasteiger partial charge is 0.225 e. The first-order chi connectivity index (χ1) is 13.7. The SMILES string of the molecule is Fc1cc(Nc2cc(-c3ccncc3)nc(NC3CCCCC3)n2)ccc1Br. The van der Waals surface area contributed by atoms with Crippen LogP contribution in [0.5, 0.6) is 0 Å². The van der Waals surface area contributed by atoms with Gasteiger partial charge in [-0.15, -0.1) is 0 Å². The molecular formula is C21H21BrFN5. The maximum absolute atomic E-state index is 13.9. The quantitative estimate of drug-likeness (QED) is 0.513. The molecule has 1 aliphatic carbocycles. The minimum Gasteiger partial charge on any atom is -0.351 e. The Kier molecular flexibility index (Phi) is 5.81. The van der Waals surface area contributed by atoms with Crippen LogP contribution >= 0.6 is 15.9 Å². The minimum atomic E-state index is -0.325. The van der Waals surface area contributed by atoms with Crippen LogP contribution in [0, 0.1) is 5.82 Å². The third kappa shape index (κ3) is 4.65. The van der Waals surface area contributed by atoms with E-state index >= 15 is 0 Å². The van der Waals surface area contributed by atoms with E-state index in [4.69, 9.17) is 4.98 Å². The lowest BCUT2D eigenvalue weighted by Crippen LogP contribution is -2.23. The van der Waals surface area contributed by atoms with Crippen molar-refractivity contribution in [1.29, 1.82) is 0 Å². The van der Waals surface area contributed by atoms with Crippen LogP contribution in [0.3, 0.4) is 0 Å². The van der Waals surface area contributed by atoms with Gasteiger partial charge in [0.05, 0.1) is 10.2 Å². The summed E-state index contributed by atoms with van der Waals surface area (Å²) in [5, 5.41) is 6.67. The second-order valence-electron chi connectivity index (χ2n) is 6.93. The summed E-state index contributed by atoms with van der Waals surface area (Å²) in [6, 6.07) is 11.0. The molecule has 1 aliphatic rings. The van der Waals surface area contributed by atoms with E-state index in [1.807, 2.05) is 18.2 Å². The molecule has 144 valence electrons. The number of anilines is 3. The van der Waals surface area contributed by atoms with E-state index in [0.29, 0.717) is 28.0 Å². The number of aromatic nitrogens is 3. The van der Waals surface area contributed by atoms with Crippen LogP contribution in [-0.2, 0) is 0 Å². The fourth-order valence-corrected chi connectivity index (χ4v) is 3.64. The number of pyridine rings is 1. The molecule has 2 N–H and O–H groups in total. The highest BCUT2D eigenvalue weighted by molar-refractivity contribution is 9.10. The number of halogens is 2. The first-order valence-electron chi connectivity index (χ1n) is 9.45. The largest absolute Gasteiger partial charge is 0.351 e. The Morgan fingerprint density at radius 2 is 1.75 bits per heavy atom. The topological polar surface area (TPSA) is 62.7 Å². The first kappa shape index (κ1) is 18.8. The van der Waals surface area contributed by atoms with Crippen molar-refractivity contribution < 1.29 is 4.39 Å². The van der Waals surface area contributed by atoms with E-state index in [-0.39, 0.29) is 5.82 Å². The lowest BCUT2D eigenvalue weighted by Gasteiger charge is -2.23. The molecule has 2 aromatic heterocycles. The van der Waals surface area contributed by atoms with E-state index in [1.165, 1.54) is 25.3 Å². The Balaban J connectivity index is 1.65. The van der Waals surface area contributed by atoms with E-state index in [9.17, 15) is 4.39 Å². The molecule has 0 spiro atoms. The second kappa shape index (κ2) is 8.65. The molecule has 5 nitrogen and oxygen atoms in total. The summed E-state index contributed by atoms with van der Waals surface area (Å²) >= 11 is 3.18. The van der Waals surface area contributed by atoms with Crippen LogP contribution in [0.4, 0.5) is 21.8 Å². The standard InChI is InChI=1S/C21H21BrFN5/c22-17-7-6-16(12-18(17)23)25-20-13-19(14-8-10-24-11-9-14)27-21(28-20)26-15-4-2-1-3-5-15/h6-13,15H,1-5H2,(H2,25,26,27,28). The predicted octanol–water partition coefficient (Wildman–Crippen LogP) is 5.93. The summed E-state index contributed by atoms with van der Waals surface area (Å²) in [7, 11) is 0. The van der Waals surface area contributed by atoms with Crippen LogP contribution in [0.1, 0.15) is 32.1 Å². The van der Waals surface area contributed by atoms with Crippen molar-refractivity contribution in [2.24, 2.45) is 0 Å². The Morgan fingerprint density at radius 1 is 0.964 bits per heavy atom. The van der Waals surface area contributed by atoms with E-state index in [1.54, 1.807) is 24.5 Å². The highest BCUT2D eigenvalue weighted by Crippen LogP contribution is 2.27. The summed E-state index contributed by atoms with van der Waals surface area (Å²) < 4.78 is 14.3. The lowest BCUT2D eigenvalue weighted by molar-refractivity contribution is 0.461. The summed E-state index contributed by atoms with van der Waals surface area (Å²) in [4.78, 5) is 13.4. The van der Waals surface area contributed by atoms with Crippen molar-refractivity contribution in [1.82, 2.24) is 15.0 Å². The number of hydrogen-bond donors (Lipinski definition) is 2. The molecule has 7 heteroatoms. The van der Waals surface area contributed by atoms with Gasteiger partial charge in [-0.1, -0.05) is 19.3 Å². The van der Waals surface area contributed by atoms with Gasteiger partial charge < -0.3 is 10.6 Å². The van der Waals surface area contributed by atoms with Crippen molar-refractivity contribution in [3.8, 4) is 11.3 Å². The van der Waals surface area contributed by atoms with Gasteiger partial charge in [0.25, 0.3) is 0 Å². The van der Waals surface area contributed by atoms with Crippen molar-refractivity contribution in [3.63, 3.8) is 0 Å². The molecule has 1 aromatic carbocycles. The maximum Gasteiger partial charge on any atom is 0.225 e. The van der Waals surface area contributed by atoms with Gasteiger partial charge in [0.1, 0.15) is 11.6 Å². The van der Waals surface area contributed by atoms with Gasteiger partial charge in [0, 0.05) is 35.8 Å². The van der Waals surface area contributed by atoms with E-state index < -0.39 is 0 Å². The lowest BCUT2D eigenvalue weighted by atomic mass is 9.96. The van der Waals surface area contributed by atoms with Crippen LogP contribution in [-0.4, -0.2) is 21.0 Å². The third-order valence-electron chi connectivity index (χ3n) is 4.83. The van der Waals surface area contributed by atoms with Gasteiger partial charge in [-0.25, -0.2) is 9.37 Å². The molecule has 3 aromatic rings. The normalized spacial score (nSPS) is 14.6. The second-order valence-corrected chi connectivity index (χ2v) is 7.79. The van der Waals surface area contributed by atoms with Gasteiger partial charge in [0.2, 0.25) is 5.95 Å². The zero-order valence-electron chi connectivity index (χ0n) is 15.3. The van der Waals surface area contributed by atoms with Crippen molar-refractivity contribution in [2.45, 2.75) is 38.1 Å². The van der Waals surface area contributed by atoms with Gasteiger partial charge in [-0.3, -0.25) is 4.98 Å². The fourth-order valence-electron chi connectivity index (χ4n) is 3.40. The zero-order chi connectivity index (χ0) is 19.3. The third-order valence-corrected chi connectivity index (χ3v) is 5.48. The zero-order valence-corrected chi connectivity index (χ0v) is 16.9. The molecule has 0 radical (unpaired) electrons. The molecule has 1 saturated carbocycles. The van der Waals surface area contributed by atoms with E-state index in [2.05, 4.69) is 36.5 Å². The Bertz CT molecular complexity index is 945. The molecule has 0 unspecified atom stereocenters. The molecule has 0 aliphatic heterocycles. The fraction of sp³-hybridized carbons (Fsp3) is 0.286. The summed E-state index contributed by atoms with van der Waals surface area (Å²) in [6.45, 7) is 0. The van der Waals surface area contributed by atoms with Gasteiger partial charge in [-0.2, -0.15) is 4.98 Å². The highest BCUT2D eigenvalue weighted by atomic mass is 79.9. The van der Waals surface area contributed by atoms with Gasteiger partial charge >= 0.3 is 0 Å². The molecule has 1 fully saturated rings. The molecule has 28 heavy (non-hydrogen) atoms. The van der Waals surface area contributed by atoms with Gasteiger partial charge in [-0.05, 0) is 59.1 Å². The molecule has 0 amide bonds. The predicted molar refractivity (Wildman–Crippen MR) is 113 cm³/mol. The average molecular weight is 442 g/mol. The van der Waals surface area contributed by atoms with Crippen LogP contribution in [0.25, 0.3) is 11.3 Å². The Hall–Kier alpha value is -2.54. The first-order valence-corrected chi connectivity index (χ1v) is 10.2. The number of nitrogens with one attached hydrogen (secondary N) is 2. The summed E-state index contributed by atoms with van der Waals surface area (Å²) in [5.74, 6) is 0.872. The number of rotatable bonds is 5. The molecule has 0 saturated heterocycles. The minimum absolute atomic E-state index is 0.325. The van der Waals surface area contributed by atoms with Gasteiger partial charge in [0.15, 0.2) is 0 Å².